The summed E-state index contributed by atoms with van der Waals surface area (Å²) in [5, 5.41) is 0. The average molecular weight is 291 g/mol. The second kappa shape index (κ2) is 7.57. The number of benzene rings is 1. The summed E-state index contributed by atoms with van der Waals surface area (Å²) < 4.78 is 10.4. The van der Waals surface area contributed by atoms with Crippen LogP contribution in [-0.4, -0.2) is 44.8 Å². The molecule has 0 aromatic heterocycles. The Morgan fingerprint density at radius 2 is 2.05 bits per heavy atom. The second-order valence-electron chi connectivity index (χ2n) is 5.78. The van der Waals surface area contributed by atoms with E-state index in [9.17, 15) is 4.79 Å². The summed E-state index contributed by atoms with van der Waals surface area (Å²) in [5.74, 6) is 0.388. The molecule has 116 valence electrons. The highest BCUT2D eigenvalue weighted by Crippen LogP contribution is 2.26. The van der Waals surface area contributed by atoms with Crippen LogP contribution in [0.25, 0.3) is 0 Å². The van der Waals surface area contributed by atoms with Crippen LogP contribution >= 0.6 is 0 Å². The number of ether oxygens (including phenoxy) is 2. The molecule has 21 heavy (non-hydrogen) atoms. The van der Waals surface area contributed by atoms with Gasteiger partial charge in [-0.25, -0.2) is 4.79 Å². The maximum absolute atomic E-state index is 12.3. The van der Waals surface area contributed by atoms with Gasteiger partial charge in [-0.1, -0.05) is 24.3 Å². The first-order valence-electron chi connectivity index (χ1n) is 7.54. The molecule has 1 fully saturated rings. The van der Waals surface area contributed by atoms with Crippen LogP contribution in [0.15, 0.2) is 24.3 Å². The Labute approximate surface area is 127 Å². The fourth-order valence-corrected chi connectivity index (χ4v) is 2.99. The van der Waals surface area contributed by atoms with E-state index in [0.29, 0.717) is 5.92 Å². The van der Waals surface area contributed by atoms with E-state index in [2.05, 4.69) is 4.90 Å². The minimum atomic E-state index is -0.334. The second-order valence-corrected chi connectivity index (χ2v) is 5.78. The maximum atomic E-state index is 12.3. The van der Waals surface area contributed by atoms with Crippen molar-refractivity contribution < 1.29 is 14.3 Å². The van der Waals surface area contributed by atoms with Crippen LogP contribution < -0.4 is 0 Å². The highest BCUT2D eigenvalue weighted by atomic mass is 16.5. The average Bonchev–Trinajstić information content (AvgIpc) is 2.50. The molecular weight excluding hydrogens is 266 g/mol. The summed E-state index contributed by atoms with van der Waals surface area (Å²) in [6.45, 7) is 4.57. The minimum Gasteiger partial charge on any atom is -0.468 e. The predicted molar refractivity (Wildman–Crippen MR) is 82.1 cm³/mol. The number of nitrogens with zero attached hydrogens (tertiary/aromatic N) is 1. The van der Waals surface area contributed by atoms with Crippen LogP contribution in [0.2, 0.25) is 0 Å². The number of hydrogen-bond acceptors (Lipinski definition) is 4. The molecular formula is C17H25NO3. The van der Waals surface area contributed by atoms with E-state index in [4.69, 9.17) is 9.47 Å². The molecule has 1 aromatic carbocycles. The number of esters is 1. The summed E-state index contributed by atoms with van der Waals surface area (Å²) in [7, 11) is 3.46. The molecule has 0 radical (unpaired) electrons. The quantitative estimate of drug-likeness (QED) is 0.782. The van der Waals surface area contributed by atoms with Gasteiger partial charge in [0.2, 0.25) is 0 Å². The molecule has 4 heteroatoms. The van der Waals surface area contributed by atoms with Gasteiger partial charge in [0.1, 0.15) is 6.04 Å². The zero-order valence-electron chi connectivity index (χ0n) is 13.2. The van der Waals surface area contributed by atoms with Crippen LogP contribution in [0.3, 0.4) is 0 Å². The largest absolute Gasteiger partial charge is 0.468 e. The van der Waals surface area contributed by atoms with Crippen molar-refractivity contribution in [2.24, 2.45) is 5.92 Å². The Kier molecular flexibility index (Phi) is 5.76. The van der Waals surface area contributed by atoms with Gasteiger partial charge >= 0.3 is 5.97 Å². The highest BCUT2D eigenvalue weighted by Gasteiger charge is 2.29. The molecule has 1 atom stereocenters. The van der Waals surface area contributed by atoms with Gasteiger partial charge < -0.3 is 9.47 Å². The Bertz CT molecular complexity index is 469. The third-order valence-corrected chi connectivity index (χ3v) is 4.24. The van der Waals surface area contributed by atoms with Crippen molar-refractivity contribution >= 4 is 5.97 Å². The number of hydrogen-bond donors (Lipinski definition) is 0. The summed E-state index contributed by atoms with van der Waals surface area (Å²) >= 11 is 0. The lowest BCUT2D eigenvalue weighted by Gasteiger charge is -2.32. The van der Waals surface area contributed by atoms with Crippen molar-refractivity contribution in [1.82, 2.24) is 4.90 Å². The SMILES string of the molecule is COC(=O)[C@H](c1ccccc1C)N(C)CC1CCOCC1. The van der Waals surface area contributed by atoms with Crippen molar-refractivity contribution in [1.29, 1.82) is 0 Å². The van der Waals surface area contributed by atoms with Crippen LogP contribution in [0, 0.1) is 12.8 Å². The first-order chi connectivity index (χ1) is 10.1. The van der Waals surface area contributed by atoms with Gasteiger partial charge in [0.15, 0.2) is 0 Å². The summed E-state index contributed by atoms with van der Waals surface area (Å²) in [6.07, 6.45) is 2.12. The van der Waals surface area contributed by atoms with E-state index in [1.165, 1.54) is 7.11 Å². The number of aryl methyl sites for hydroxylation is 1. The first kappa shape index (κ1) is 16.0. The van der Waals surface area contributed by atoms with Crippen molar-refractivity contribution in [2.45, 2.75) is 25.8 Å². The van der Waals surface area contributed by atoms with Gasteiger partial charge in [-0.2, -0.15) is 0 Å². The summed E-state index contributed by atoms with van der Waals surface area (Å²) in [6, 6.07) is 7.68. The third kappa shape index (κ3) is 4.05. The van der Waals surface area contributed by atoms with E-state index in [-0.39, 0.29) is 12.0 Å². The number of rotatable bonds is 5. The predicted octanol–water partition coefficient (Wildman–Crippen LogP) is 2.57. The zero-order chi connectivity index (χ0) is 15.2. The maximum Gasteiger partial charge on any atom is 0.327 e. The minimum absolute atomic E-state index is 0.196. The lowest BCUT2D eigenvalue weighted by Crippen LogP contribution is -2.37. The Hall–Kier alpha value is -1.39. The first-order valence-corrected chi connectivity index (χ1v) is 7.54. The molecule has 1 aromatic rings. The molecule has 1 saturated heterocycles. The van der Waals surface area contributed by atoms with E-state index in [1.807, 2.05) is 38.2 Å². The number of carbonyl (C=O) groups is 1. The van der Waals surface area contributed by atoms with Crippen molar-refractivity contribution in [3.05, 3.63) is 35.4 Å². The summed E-state index contributed by atoms with van der Waals surface area (Å²) in [4.78, 5) is 14.4. The van der Waals surface area contributed by atoms with Crippen LogP contribution in [-0.2, 0) is 14.3 Å². The lowest BCUT2D eigenvalue weighted by molar-refractivity contribution is -0.147. The topological polar surface area (TPSA) is 38.8 Å². The molecule has 0 bridgehead atoms. The van der Waals surface area contributed by atoms with Crippen LogP contribution in [0.4, 0.5) is 0 Å². The molecule has 1 heterocycles. The fraction of sp³-hybridized carbons (Fsp3) is 0.588. The number of likely N-dealkylation sites (N-methyl/N-ethyl adjacent to an activating group) is 1. The van der Waals surface area contributed by atoms with Crippen molar-refractivity contribution in [3.8, 4) is 0 Å². The van der Waals surface area contributed by atoms with Gasteiger partial charge in [-0.3, -0.25) is 4.90 Å². The zero-order valence-corrected chi connectivity index (χ0v) is 13.2. The van der Waals surface area contributed by atoms with E-state index >= 15 is 0 Å². The molecule has 1 aliphatic rings. The van der Waals surface area contributed by atoms with Gasteiger partial charge in [-0.05, 0) is 43.9 Å². The van der Waals surface area contributed by atoms with E-state index in [0.717, 1.165) is 43.7 Å². The van der Waals surface area contributed by atoms with Crippen LogP contribution in [0.1, 0.15) is 30.0 Å². The van der Waals surface area contributed by atoms with Gasteiger partial charge in [0, 0.05) is 19.8 Å². The Morgan fingerprint density at radius 3 is 2.67 bits per heavy atom. The summed E-state index contributed by atoms with van der Waals surface area (Å²) in [5.41, 5.74) is 2.14. The van der Waals surface area contributed by atoms with Crippen LogP contribution in [0.5, 0.6) is 0 Å². The molecule has 2 rings (SSSR count). The van der Waals surface area contributed by atoms with Gasteiger partial charge in [0.05, 0.1) is 7.11 Å². The Balaban J connectivity index is 2.15. The van der Waals surface area contributed by atoms with Gasteiger partial charge in [-0.15, -0.1) is 0 Å². The number of carbonyl (C=O) groups excluding carboxylic acids is 1. The third-order valence-electron chi connectivity index (χ3n) is 4.24. The van der Waals surface area contributed by atoms with Crippen molar-refractivity contribution in [2.75, 3.05) is 33.9 Å². The van der Waals surface area contributed by atoms with Gasteiger partial charge in [0.25, 0.3) is 0 Å². The molecule has 0 aliphatic carbocycles. The fourth-order valence-electron chi connectivity index (χ4n) is 2.99. The monoisotopic (exact) mass is 291 g/mol. The smallest absolute Gasteiger partial charge is 0.327 e. The standard InChI is InChI=1S/C17H25NO3/c1-13-6-4-5-7-15(13)16(17(19)20-3)18(2)12-14-8-10-21-11-9-14/h4-7,14,16H,8-12H2,1-3H3/t16-/m0/s1. The lowest BCUT2D eigenvalue weighted by atomic mass is 9.96. The molecule has 0 unspecified atom stereocenters. The normalized spacial score (nSPS) is 17.7. The van der Waals surface area contributed by atoms with Crippen molar-refractivity contribution in [3.63, 3.8) is 0 Å². The molecule has 0 N–H and O–H groups in total. The highest BCUT2D eigenvalue weighted by molar-refractivity contribution is 5.78. The Morgan fingerprint density at radius 1 is 1.38 bits per heavy atom. The molecule has 0 amide bonds. The molecule has 4 nitrogen and oxygen atoms in total. The molecule has 1 aliphatic heterocycles. The number of methoxy groups -OCH3 is 1. The molecule has 0 saturated carbocycles. The van der Waals surface area contributed by atoms with E-state index < -0.39 is 0 Å². The molecule has 0 spiro atoms. The van der Waals surface area contributed by atoms with E-state index in [1.54, 1.807) is 0 Å².